The summed E-state index contributed by atoms with van der Waals surface area (Å²) >= 11 is 0. The van der Waals surface area contributed by atoms with Crippen molar-refractivity contribution in [3.8, 4) is 0 Å². The van der Waals surface area contributed by atoms with E-state index in [9.17, 15) is 0 Å². The second-order valence-corrected chi connectivity index (χ2v) is 4.12. The minimum Gasteiger partial charge on any atom is -0.351 e. The summed E-state index contributed by atoms with van der Waals surface area (Å²) in [5, 5.41) is 0. The Morgan fingerprint density at radius 1 is 1.42 bits per heavy atom. The molecule has 2 heterocycles. The molecule has 1 heteroatoms. The SMILES string of the molecule is Cc1cn2c(c1C(C)C)CCC2. The summed E-state index contributed by atoms with van der Waals surface area (Å²) in [5.41, 5.74) is 4.69. The van der Waals surface area contributed by atoms with Crippen LogP contribution in [0.5, 0.6) is 0 Å². The van der Waals surface area contributed by atoms with Gasteiger partial charge in [-0.2, -0.15) is 0 Å². The second kappa shape index (κ2) is 2.65. The molecule has 0 atom stereocenters. The van der Waals surface area contributed by atoms with E-state index in [0.717, 1.165) is 0 Å². The van der Waals surface area contributed by atoms with Gasteiger partial charge in [-0.25, -0.2) is 0 Å². The molecule has 0 unspecified atom stereocenters. The molecule has 0 amide bonds. The zero-order valence-corrected chi connectivity index (χ0v) is 8.22. The minimum atomic E-state index is 0.694. The van der Waals surface area contributed by atoms with Gasteiger partial charge in [-0.1, -0.05) is 13.8 Å². The lowest BCUT2D eigenvalue weighted by Crippen LogP contribution is -1.94. The maximum Gasteiger partial charge on any atom is 0.0226 e. The van der Waals surface area contributed by atoms with Crippen LogP contribution in [0, 0.1) is 6.92 Å². The summed E-state index contributed by atoms with van der Waals surface area (Å²) < 4.78 is 2.44. The van der Waals surface area contributed by atoms with Crippen LogP contribution in [0.1, 0.15) is 43.0 Å². The normalized spacial score (nSPS) is 15.7. The second-order valence-electron chi connectivity index (χ2n) is 4.12. The quantitative estimate of drug-likeness (QED) is 0.600. The smallest absolute Gasteiger partial charge is 0.0226 e. The molecule has 0 spiro atoms. The van der Waals surface area contributed by atoms with Gasteiger partial charge in [0.2, 0.25) is 0 Å². The van der Waals surface area contributed by atoms with Gasteiger partial charge in [-0.3, -0.25) is 0 Å². The van der Waals surface area contributed by atoms with E-state index in [1.807, 2.05) is 0 Å². The van der Waals surface area contributed by atoms with Gasteiger partial charge in [0.05, 0.1) is 0 Å². The van der Waals surface area contributed by atoms with Gasteiger partial charge >= 0.3 is 0 Å². The number of hydrogen-bond donors (Lipinski definition) is 0. The monoisotopic (exact) mass is 163 g/mol. The molecule has 1 nitrogen and oxygen atoms in total. The van der Waals surface area contributed by atoms with E-state index < -0.39 is 0 Å². The molecule has 0 N–H and O–H groups in total. The molecule has 2 rings (SSSR count). The Labute approximate surface area is 74.4 Å². The van der Waals surface area contributed by atoms with Crippen molar-refractivity contribution >= 4 is 0 Å². The van der Waals surface area contributed by atoms with E-state index in [1.165, 1.54) is 24.9 Å². The van der Waals surface area contributed by atoms with Crippen LogP contribution >= 0.6 is 0 Å². The van der Waals surface area contributed by atoms with Crippen LogP contribution in [0.2, 0.25) is 0 Å². The Balaban J connectivity index is 2.52. The van der Waals surface area contributed by atoms with Crippen molar-refractivity contribution < 1.29 is 0 Å². The first-order valence-corrected chi connectivity index (χ1v) is 4.88. The molecule has 0 aliphatic carbocycles. The summed E-state index contributed by atoms with van der Waals surface area (Å²) in [5.74, 6) is 0.694. The number of rotatable bonds is 1. The molecule has 1 aliphatic rings. The summed E-state index contributed by atoms with van der Waals surface area (Å²) in [4.78, 5) is 0. The van der Waals surface area contributed by atoms with E-state index in [-0.39, 0.29) is 0 Å². The average molecular weight is 163 g/mol. The Bertz CT molecular complexity index is 294. The fourth-order valence-electron chi connectivity index (χ4n) is 2.45. The third-order valence-corrected chi connectivity index (χ3v) is 2.82. The third kappa shape index (κ3) is 0.996. The van der Waals surface area contributed by atoms with Crippen molar-refractivity contribution in [2.24, 2.45) is 0 Å². The molecule has 1 aromatic heterocycles. The maximum absolute atomic E-state index is 2.44. The van der Waals surface area contributed by atoms with Crippen molar-refractivity contribution in [1.29, 1.82) is 0 Å². The molecule has 0 radical (unpaired) electrons. The van der Waals surface area contributed by atoms with E-state index >= 15 is 0 Å². The Kier molecular flexibility index (Phi) is 1.75. The fourth-order valence-corrected chi connectivity index (χ4v) is 2.45. The first-order valence-electron chi connectivity index (χ1n) is 4.88. The molecule has 0 bridgehead atoms. The van der Waals surface area contributed by atoms with Crippen molar-refractivity contribution in [3.63, 3.8) is 0 Å². The van der Waals surface area contributed by atoms with Crippen molar-refractivity contribution in [3.05, 3.63) is 23.0 Å². The standard InChI is InChI=1S/C11H17N/c1-8(2)11-9(3)7-12-6-4-5-10(11)12/h7-8H,4-6H2,1-3H3. The molecular formula is C11H17N. The zero-order valence-electron chi connectivity index (χ0n) is 8.22. The Morgan fingerprint density at radius 2 is 2.17 bits per heavy atom. The van der Waals surface area contributed by atoms with Gasteiger partial charge in [-0.05, 0) is 36.8 Å². The number of hydrogen-bond acceptors (Lipinski definition) is 0. The van der Waals surface area contributed by atoms with Gasteiger partial charge in [0.1, 0.15) is 0 Å². The highest BCUT2D eigenvalue weighted by Gasteiger charge is 2.18. The molecule has 1 aromatic rings. The van der Waals surface area contributed by atoms with E-state index in [0.29, 0.717) is 5.92 Å². The molecule has 66 valence electrons. The summed E-state index contributed by atoms with van der Waals surface area (Å²) in [6.45, 7) is 8.06. The lowest BCUT2D eigenvalue weighted by molar-refractivity contribution is 0.748. The van der Waals surface area contributed by atoms with Crippen molar-refractivity contribution in [2.75, 3.05) is 0 Å². The highest BCUT2D eigenvalue weighted by atomic mass is 15.0. The first kappa shape index (κ1) is 7.90. The van der Waals surface area contributed by atoms with Gasteiger partial charge in [-0.15, -0.1) is 0 Å². The van der Waals surface area contributed by atoms with Crippen LogP contribution in [0.25, 0.3) is 0 Å². The van der Waals surface area contributed by atoms with Crippen LogP contribution in [-0.2, 0) is 13.0 Å². The lowest BCUT2D eigenvalue weighted by atomic mass is 9.98. The summed E-state index contributed by atoms with van der Waals surface area (Å²) in [7, 11) is 0. The third-order valence-electron chi connectivity index (χ3n) is 2.82. The zero-order chi connectivity index (χ0) is 8.72. The number of nitrogens with zero attached hydrogens (tertiary/aromatic N) is 1. The number of fused-ring (bicyclic) bond motifs is 1. The first-order chi connectivity index (χ1) is 5.70. The van der Waals surface area contributed by atoms with Crippen LogP contribution in [0.15, 0.2) is 6.20 Å². The molecule has 0 saturated carbocycles. The predicted octanol–water partition coefficient (Wildman–Crippen LogP) is 2.87. The van der Waals surface area contributed by atoms with E-state index in [4.69, 9.17) is 0 Å². The van der Waals surface area contributed by atoms with Gasteiger partial charge in [0.15, 0.2) is 0 Å². The molecule has 0 aromatic carbocycles. The fraction of sp³-hybridized carbons (Fsp3) is 0.636. The van der Waals surface area contributed by atoms with Crippen molar-refractivity contribution in [1.82, 2.24) is 4.57 Å². The molecule has 0 saturated heterocycles. The Hall–Kier alpha value is -0.720. The summed E-state index contributed by atoms with van der Waals surface area (Å²) in [6, 6.07) is 0. The lowest BCUT2D eigenvalue weighted by Gasteiger charge is -2.06. The van der Waals surface area contributed by atoms with Crippen molar-refractivity contribution in [2.45, 2.75) is 46.1 Å². The molecule has 0 fully saturated rings. The average Bonchev–Trinajstić information content (AvgIpc) is 2.44. The van der Waals surface area contributed by atoms with Gasteiger partial charge in [0.25, 0.3) is 0 Å². The molecular weight excluding hydrogens is 146 g/mol. The predicted molar refractivity (Wildman–Crippen MR) is 51.6 cm³/mol. The maximum atomic E-state index is 2.44. The topological polar surface area (TPSA) is 4.93 Å². The number of aryl methyl sites for hydroxylation is 2. The highest BCUT2D eigenvalue weighted by molar-refractivity contribution is 5.35. The van der Waals surface area contributed by atoms with Gasteiger partial charge in [0, 0.05) is 18.4 Å². The highest BCUT2D eigenvalue weighted by Crippen LogP contribution is 2.29. The summed E-state index contributed by atoms with van der Waals surface area (Å²) in [6.07, 6.45) is 4.95. The van der Waals surface area contributed by atoms with Crippen LogP contribution in [-0.4, -0.2) is 4.57 Å². The molecule has 1 aliphatic heterocycles. The van der Waals surface area contributed by atoms with E-state index in [1.54, 1.807) is 11.3 Å². The van der Waals surface area contributed by atoms with Crippen LogP contribution in [0.3, 0.4) is 0 Å². The van der Waals surface area contributed by atoms with E-state index in [2.05, 4.69) is 31.5 Å². The minimum absolute atomic E-state index is 0.694. The molecule has 12 heavy (non-hydrogen) atoms. The number of aromatic nitrogens is 1. The van der Waals surface area contributed by atoms with Gasteiger partial charge < -0.3 is 4.57 Å². The largest absolute Gasteiger partial charge is 0.351 e. The van der Waals surface area contributed by atoms with Crippen LogP contribution < -0.4 is 0 Å². The van der Waals surface area contributed by atoms with Crippen LogP contribution in [0.4, 0.5) is 0 Å². The Morgan fingerprint density at radius 3 is 2.83 bits per heavy atom.